The summed E-state index contributed by atoms with van der Waals surface area (Å²) in [6.45, 7) is 5.01. The summed E-state index contributed by atoms with van der Waals surface area (Å²) in [7, 11) is 0. The van der Waals surface area contributed by atoms with Crippen LogP contribution in [0, 0.1) is 6.92 Å². The molecular formula is C14H19ClN4. The fourth-order valence-corrected chi connectivity index (χ4v) is 2.54. The van der Waals surface area contributed by atoms with Crippen LogP contribution >= 0.6 is 11.6 Å². The van der Waals surface area contributed by atoms with Gasteiger partial charge >= 0.3 is 0 Å². The maximum absolute atomic E-state index is 6.29. The number of nitrogens with zero attached hydrogens (tertiary/aromatic N) is 2. The minimum atomic E-state index is -0.0409. The van der Waals surface area contributed by atoms with Gasteiger partial charge in [-0.05, 0) is 31.0 Å². The van der Waals surface area contributed by atoms with Crippen LogP contribution in [-0.2, 0) is 13.0 Å². The average Bonchev–Trinajstić information content (AvgIpc) is 2.84. The zero-order valence-corrected chi connectivity index (χ0v) is 12.0. The number of halogens is 1. The fraction of sp³-hybridized carbons (Fsp3) is 0.357. The molecule has 0 aliphatic carbocycles. The summed E-state index contributed by atoms with van der Waals surface area (Å²) in [6, 6.07) is 5.97. The third-order valence-electron chi connectivity index (χ3n) is 3.26. The molecule has 0 aliphatic rings. The van der Waals surface area contributed by atoms with Gasteiger partial charge in [-0.3, -0.25) is 11.3 Å². The first kappa shape index (κ1) is 14.1. The molecule has 1 heterocycles. The number of hydrogen-bond acceptors (Lipinski definition) is 3. The fourth-order valence-electron chi connectivity index (χ4n) is 2.17. The van der Waals surface area contributed by atoms with E-state index in [0.717, 1.165) is 28.5 Å². The first-order valence-electron chi connectivity index (χ1n) is 6.38. The lowest BCUT2D eigenvalue weighted by Gasteiger charge is -2.18. The maximum atomic E-state index is 6.29. The molecule has 19 heavy (non-hydrogen) atoms. The van der Waals surface area contributed by atoms with Crippen LogP contribution < -0.4 is 11.3 Å². The molecule has 0 bridgehead atoms. The van der Waals surface area contributed by atoms with Crippen LogP contribution in [0.2, 0.25) is 5.02 Å². The number of hydrazine groups is 1. The minimum Gasteiger partial charge on any atom is -0.335 e. The largest absolute Gasteiger partial charge is 0.335 e. The molecule has 0 amide bonds. The molecule has 4 nitrogen and oxygen atoms in total. The lowest BCUT2D eigenvalue weighted by Crippen LogP contribution is -2.30. The standard InChI is InChI=1S/C14H19ClN4/c1-3-19-7-6-17-14(19)9-13(18-16)11-5-4-10(2)8-12(11)15/h4-8,13,18H,3,9,16H2,1-2H3. The molecule has 0 saturated heterocycles. The third kappa shape index (κ3) is 3.15. The second kappa shape index (κ2) is 6.19. The van der Waals surface area contributed by atoms with Gasteiger partial charge in [-0.2, -0.15) is 0 Å². The number of benzene rings is 1. The molecule has 0 spiro atoms. The highest BCUT2D eigenvalue weighted by Crippen LogP contribution is 2.26. The smallest absolute Gasteiger partial charge is 0.110 e. The van der Waals surface area contributed by atoms with Crippen molar-refractivity contribution in [2.75, 3.05) is 0 Å². The lowest BCUT2D eigenvalue weighted by molar-refractivity contribution is 0.523. The SMILES string of the molecule is CCn1ccnc1CC(NN)c1ccc(C)cc1Cl. The molecule has 1 atom stereocenters. The van der Waals surface area contributed by atoms with Gasteiger partial charge in [0, 0.05) is 30.4 Å². The Balaban J connectivity index is 2.25. The lowest BCUT2D eigenvalue weighted by atomic mass is 10.0. The highest BCUT2D eigenvalue weighted by molar-refractivity contribution is 6.31. The Morgan fingerprint density at radius 1 is 1.47 bits per heavy atom. The van der Waals surface area contributed by atoms with Gasteiger partial charge in [0.15, 0.2) is 0 Å². The second-order valence-corrected chi connectivity index (χ2v) is 4.99. The third-order valence-corrected chi connectivity index (χ3v) is 3.59. The van der Waals surface area contributed by atoms with Gasteiger partial charge in [0.05, 0.1) is 6.04 Å². The van der Waals surface area contributed by atoms with Crippen molar-refractivity contribution in [2.24, 2.45) is 5.84 Å². The van der Waals surface area contributed by atoms with Crippen LogP contribution in [-0.4, -0.2) is 9.55 Å². The molecule has 2 aromatic rings. The van der Waals surface area contributed by atoms with Crippen molar-refractivity contribution < 1.29 is 0 Å². The van der Waals surface area contributed by atoms with Crippen LogP contribution in [0.3, 0.4) is 0 Å². The van der Waals surface area contributed by atoms with E-state index in [1.165, 1.54) is 0 Å². The quantitative estimate of drug-likeness (QED) is 0.653. The van der Waals surface area contributed by atoms with Gasteiger partial charge in [0.1, 0.15) is 5.82 Å². The molecule has 0 radical (unpaired) electrons. The van der Waals surface area contributed by atoms with Crippen LogP contribution in [0.1, 0.15) is 29.9 Å². The Morgan fingerprint density at radius 2 is 2.26 bits per heavy atom. The molecule has 5 heteroatoms. The summed E-state index contributed by atoms with van der Waals surface area (Å²) in [6.07, 6.45) is 4.49. The van der Waals surface area contributed by atoms with Gasteiger partial charge in [0.25, 0.3) is 0 Å². The molecule has 1 unspecified atom stereocenters. The Kier molecular flexibility index (Phi) is 4.58. The minimum absolute atomic E-state index is 0.0409. The Morgan fingerprint density at radius 3 is 2.89 bits per heavy atom. The summed E-state index contributed by atoms with van der Waals surface area (Å²) >= 11 is 6.29. The van der Waals surface area contributed by atoms with Gasteiger partial charge in [-0.15, -0.1) is 0 Å². The van der Waals surface area contributed by atoms with Crippen molar-refractivity contribution in [3.63, 3.8) is 0 Å². The van der Waals surface area contributed by atoms with Gasteiger partial charge in [-0.1, -0.05) is 23.7 Å². The Labute approximate surface area is 118 Å². The monoisotopic (exact) mass is 278 g/mol. The zero-order valence-electron chi connectivity index (χ0n) is 11.2. The van der Waals surface area contributed by atoms with Gasteiger partial charge < -0.3 is 4.57 Å². The molecule has 102 valence electrons. The predicted molar refractivity (Wildman–Crippen MR) is 77.9 cm³/mol. The Bertz CT molecular complexity index is 550. The first-order chi connectivity index (χ1) is 9.15. The van der Waals surface area contributed by atoms with Crippen molar-refractivity contribution in [3.05, 3.63) is 52.6 Å². The number of nitrogens with one attached hydrogen (secondary N) is 1. The van der Waals surface area contributed by atoms with E-state index in [-0.39, 0.29) is 6.04 Å². The number of aromatic nitrogens is 2. The molecular weight excluding hydrogens is 260 g/mol. The highest BCUT2D eigenvalue weighted by atomic mass is 35.5. The van der Waals surface area contributed by atoms with Crippen molar-refractivity contribution in [3.8, 4) is 0 Å². The number of aryl methyl sites for hydroxylation is 2. The molecule has 0 fully saturated rings. The zero-order chi connectivity index (χ0) is 13.8. The van der Waals surface area contributed by atoms with E-state index in [4.69, 9.17) is 17.4 Å². The number of imidazole rings is 1. The van der Waals surface area contributed by atoms with Crippen molar-refractivity contribution in [2.45, 2.75) is 32.9 Å². The van der Waals surface area contributed by atoms with Crippen molar-refractivity contribution >= 4 is 11.6 Å². The number of hydrogen-bond donors (Lipinski definition) is 2. The Hall–Kier alpha value is -1.36. The number of rotatable bonds is 5. The van der Waals surface area contributed by atoms with E-state index in [1.807, 2.05) is 37.5 Å². The number of nitrogens with two attached hydrogens (primary N) is 1. The van der Waals surface area contributed by atoms with Gasteiger partial charge in [-0.25, -0.2) is 4.98 Å². The van der Waals surface area contributed by atoms with E-state index in [0.29, 0.717) is 6.42 Å². The van der Waals surface area contributed by atoms with Crippen molar-refractivity contribution in [1.29, 1.82) is 0 Å². The van der Waals surface area contributed by atoms with E-state index >= 15 is 0 Å². The summed E-state index contributed by atoms with van der Waals surface area (Å²) in [5, 5.41) is 0.734. The highest BCUT2D eigenvalue weighted by Gasteiger charge is 2.16. The molecule has 1 aromatic heterocycles. The van der Waals surface area contributed by atoms with E-state index in [1.54, 1.807) is 0 Å². The van der Waals surface area contributed by atoms with Gasteiger partial charge in [0.2, 0.25) is 0 Å². The van der Waals surface area contributed by atoms with Crippen molar-refractivity contribution in [1.82, 2.24) is 15.0 Å². The van der Waals surface area contributed by atoms with Crippen LogP contribution in [0.4, 0.5) is 0 Å². The second-order valence-electron chi connectivity index (χ2n) is 4.58. The van der Waals surface area contributed by atoms with E-state index < -0.39 is 0 Å². The summed E-state index contributed by atoms with van der Waals surface area (Å²) < 4.78 is 2.10. The molecule has 0 saturated carbocycles. The molecule has 3 N–H and O–H groups in total. The molecule has 0 aliphatic heterocycles. The van der Waals surface area contributed by atoms with Crippen LogP contribution in [0.5, 0.6) is 0 Å². The summed E-state index contributed by atoms with van der Waals surface area (Å²) in [4.78, 5) is 4.37. The average molecular weight is 279 g/mol. The molecule has 2 rings (SSSR count). The summed E-state index contributed by atoms with van der Waals surface area (Å²) in [5.41, 5.74) is 4.97. The van der Waals surface area contributed by atoms with Crippen LogP contribution in [0.25, 0.3) is 0 Å². The first-order valence-corrected chi connectivity index (χ1v) is 6.75. The topological polar surface area (TPSA) is 55.9 Å². The normalized spacial score (nSPS) is 12.6. The van der Waals surface area contributed by atoms with Crippen LogP contribution in [0.15, 0.2) is 30.6 Å². The van der Waals surface area contributed by atoms with E-state index in [2.05, 4.69) is 21.9 Å². The predicted octanol–water partition coefficient (Wildman–Crippen LogP) is 2.61. The maximum Gasteiger partial charge on any atom is 0.110 e. The van der Waals surface area contributed by atoms with E-state index in [9.17, 15) is 0 Å². The summed E-state index contributed by atoms with van der Waals surface area (Å²) in [5.74, 6) is 6.68. The molecule has 1 aromatic carbocycles.